The molecule has 1 aromatic carbocycles. The van der Waals surface area contributed by atoms with Crippen LogP contribution in [0.1, 0.15) is 18.1 Å². The second-order valence-electron chi connectivity index (χ2n) is 4.24. The molecule has 1 heterocycles. The predicted octanol–water partition coefficient (Wildman–Crippen LogP) is 2.09. The molecule has 2 rings (SSSR count). The van der Waals surface area contributed by atoms with Gasteiger partial charge in [0.2, 0.25) is 0 Å². The van der Waals surface area contributed by atoms with Gasteiger partial charge in [0.1, 0.15) is 0 Å². The number of rotatable bonds is 1. The lowest BCUT2D eigenvalue weighted by atomic mass is 10.1. The minimum Gasteiger partial charge on any atom is -0.375 e. The highest BCUT2D eigenvalue weighted by Crippen LogP contribution is 2.23. The maximum atomic E-state index is 8.82. The summed E-state index contributed by atoms with van der Waals surface area (Å²) >= 11 is 0. The van der Waals surface area contributed by atoms with Gasteiger partial charge in [-0.05, 0) is 37.6 Å². The molecule has 84 valence electrons. The van der Waals surface area contributed by atoms with Crippen molar-refractivity contribution in [2.24, 2.45) is 0 Å². The van der Waals surface area contributed by atoms with Crippen molar-refractivity contribution in [1.29, 1.82) is 5.26 Å². The monoisotopic (exact) mass is 216 g/mol. The third-order valence-electron chi connectivity index (χ3n) is 2.91. The number of benzene rings is 1. The van der Waals surface area contributed by atoms with Gasteiger partial charge in [0.25, 0.3) is 0 Å². The first-order chi connectivity index (χ1) is 7.70. The molecular weight excluding hydrogens is 200 g/mol. The van der Waals surface area contributed by atoms with E-state index in [-0.39, 0.29) is 6.10 Å². The number of aryl methyl sites for hydroxylation is 1. The van der Waals surface area contributed by atoms with Crippen LogP contribution in [-0.2, 0) is 4.74 Å². The van der Waals surface area contributed by atoms with E-state index in [1.807, 2.05) is 18.2 Å². The van der Waals surface area contributed by atoms with Crippen LogP contribution in [0, 0.1) is 18.3 Å². The summed E-state index contributed by atoms with van der Waals surface area (Å²) in [4.78, 5) is 2.32. The van der Waals surface area contributed by atoms with E-state index in [0.717, 1.165) is 30.8 Å². The van der Waals surface area contributed by atoms with Gasteiger partial charge in [-0.25, -0.2) is 0 Å². The molecule has 0 bridgehead atoms. The molecule has 1 fully saturated rings. The Kier molecular flexibility index (Phi) is 3.12. The van der Waals surface area contributed by atoms with E-state index < -0.39 is 0 Å². The second kappa shape index (κ2) is 4.54. The molecule has 0 radical (unpaired) electrons. The van der Waals surface area contributed by atoms with Gasteiger partial charge in [-0.3, -0.25) is 0 Å². The van der Waals surface area contributed by atoms with Gasteiger partial charge in [-0.2, -0.15) is 5.26 Å². The molecule has 1 aliphatic rings. The first-order valence-corrected chi connectivity index (χ1v) is 5.58. The number of hydrogen-bond acceptors (Lipinski definition) is 3. The summed E-state index contributed by atoms with van der Waals surface area (Å²) in [6.45, 7) is 6.77. The average Bonchev–Trinajstić information content (AvgIpc) is 2.28. The second-order valence-corrected chi connectivity index (χ2v) is 4.24. The SMILES string of the molecule is Cc1cc(C#N)ccc1N1CCO[C@H](C)C1. The Morgan fingerprint density at radius 3 is 2.94 bits per heavy atom. The van der Waals surface area contributed by atoms with Crippen molar-refractivity contribution in [3.05, 3.63) is 29.3 Å². The van der Waals surface area contributed by atoms with E-state index in [1.165, 1.54) is 5.69 Å². The van der Waals surface area contributed by atoms with Crippen molar-refractivity contribution in [3.63, 3.8) is 0 Å². The summed E-state index contributed by atoms with van der Waals surface area (Å²) in [6.07, 6.45) is 0.281. The third kappa shape index (κ3) is 2.17. The number of morpholine rings is 1. The lowest BCUT2D eigenvalue weighted by molar-refractivity contribution is 0.0532. The molecule has 0 N–H and O–H groups in total. The van der Waals surface area contributed by atoms with Crippen molar-refractivity contribution in [2.45, 2.75) is 20.0 Å². The van der Waals surface area contributed by atoms with E-state index in [0.29, 0.717) is 0 Å². The lowest BCUT2D eigenvalue weighted by Gasteiger charge is -2.33. The van der Waals surface area contributed by atoms with Gasteiger partial charge in [-0.1, -0.05) is 0 Å². The summed E-state index contributed by atoms with van der Waals surface area (Å²) < 4.78 is 5.52. The zero-order valence-electron chi connectivity index (χ0n) is 9.73. The zero-order valence-corrected chi connectivity index (χ0v) is 9.73. The Balaban J connectivity index is 2.23. The maximum Gasteiger partial charge on any atom is 0.0991 e. The van der Waals surface area contributed by atoms with Crippen LogP contribution >= 0.6 is 0 Å². The van der Waals surface area contributed by atoms with Crippen LogP contribution in [0.2, 0.25) is 0 Å². The smallest absolute Gasteiger partial charge is 0.0991 e. The fourth-order valence-corrected chi connectivity index (χ4v) is 2.12. The predicted molar refractivity (Wildman–Crippen MR) is 63.5 cm³/mol. The third-order valence-corrected chi connectivity index (χ3v) is 2.91. The number of hydrogen-bond donors (Lipinski definition) is 0. The molecule has 1 aromatic rings. The molecule has 0 amide bonds. The molecule has 3 nitrogen and oxygen atoms in total. The number of nitriles is 1. The van der Waals surface area contributed by atoms with E-state index >= 15 is 0 Å². The molecule has 0 aromatic heterocycles. The Bertz CT molecular complexity index is 422. The first-order valence-electron chi connectivity index (χ1n) is 5.58. The molecule has 1 atom stereocenters. The van der Waals surface area contributed by atoms with Crippen LogP contribution in [0.3, 0.4) is 0 Å². The van der Waals surface area contributed by atoms with Gasteiger partial charge < -0.3 is 9.64 Å². The maximum absolute atomic E-state index is 8.82. The normalized spacial score (nSPS) is 20.6. The first kappa shape index (κ1) is 11.0. The van der Waals surface area contributed by atoms with Gasteiger partial charge in [0.15, 0.2) is 0 Å². The van der Waals surface area contributed by atoms with Crippen LogP contribution in [0.25, 0.3) is 0 Å². The van der Waals surface area contributed by atoms with Crippen molar-refractivity contribution in [3.8, 4) is 6.07 Å². The van der Waals surface area contributed by atoms with Crippen molar-refractivity contribution in [2.75, 3.05) is 24.6 Å². The van der Waals surface area contributed by atoms with Crippen LogP contribution in [0.5, 0.6) is 0 Å². The highest BCUT2D eigenvalue weighted by Gasteiger charge is 2.18. The summed E-state index contributed by atoms with van der Waals surface area (Å²) in [6, 6.07) is 8.01. The molecule has 0 saturated carbocycles. The molecule has 1 saturated heterocycles. The molecular formula is C13H16N2O. The highest BCUT2D eigenvalue weighted by atomic mass is 16.5. The Morgan fingerprint density at radius 2 is 2.31 bits per heavy atom. The fourth-order valence-electron chi connectivity index (χ4n) is 2.12. The molecule has 0 unspecified atom stereocenters. The summed E-state index contributed by atoms with van der Waals surface area (Å²) in [5, 5.41) is 8.82. The summed E-state index contributed by atoms with van der Waals surface area (Å²) in [7, 11) is 0. The molecule has 16 heavy (non-hydrogen) atoms. The van der Waals surface area contributed by atoms with Crippen LogP contribution in [-0.4, -0.2) is 25.8 Å². The number of nitrogens with zero attached hydrogens (tertiary/aromatic N) is 2. The Hall–Kier alpha value is -1.53. The van der Waals surface area contributed by atoms with E-state index in [2.05, 4.69) is 24.8 Å². The minimum atomic E-state index is 0.281. The van der Waals surface area contributed by atoms with Gasteiger partial charge in [-0.15, -0.1) is 0 Å². The van der Waals surface area contributed by atoms with Gasteiger partial charge in [0.05, 0.1) is 24.3 Å². The van der Waals surface area contributed by atoms with E-state index in [9.17, 15) is 0 Å². The summed E-state index contributed by atoms with van der Waals surface area (Å²) in [5.74, 6) is 0. The Labute approximate surface area is 96.2 Å². The summed E-state index contributed by atoms with van der Waals surface area (Å²) in [5.41, 5.74) is 3.10. The van der Waals surface area contributed by atoms with E-state index in [4.69, 9.17) is 10.00 Å². The largest absolute Gasteiger partial charge is 0.375 e. The quantitative estimate of drug-likeness (QED) is 0.721. The number of ether oxygens (including phenoxy) is 1. The van der Waals surface area contributed by atoms with Gasteiger partial charge >= 0.3 is 0 Å². The fraction of sp³-hybridized carbons (Fsp3) is 0.462. The standard InChI is InChI=1S/C13H16N2O/c1-10-7-12(8-14)3-4-13(10)15-5-6-16-11(2)9-15/h3-4,7,11H,5-6,9H2,1-2H3/t11-/m1/s1. The zero-order chi connectivity index (χ0) is 11.5. The lowest BCUT2D eigenvalue weighted by Crippen LogP contribution is -2.41. The van der Waals surface area contributed by atoms with Crippen LogP contribution in [0.4, 0.5) is 5.69 Å². The molecule has 0 aliphatic carbocycles. The van der Waals surface area contributed by atoms with Crippen molar-refractivity contribution in [1.82, 2.24) is 0 Å². The van der Waals surface area contributed by atoms with Crippen LogP contribution in [0.15, 0.2) is 18.2 Å². The van der Waals surface area contributed by atoms with Crippen molar-refractivity contribution >= 4 is 5.69 Å². The van der Waals surface area contributed by atoms with E-state index in [1.54, 1.807) is 0 Å². The van der Waals surface area contributed by atoms with Crippen molar-refractivity contribution < 1.29 is 4.74 Å². The van der Waals surface area contributed by atoms with Gasteiger partial charge in [0, 0.05) is 18.8 Å². The molecule has 1 aliphatic heterocycles. The van der Waals surface area contributed by atoms with Crippen LogP contribution < -0.4 is 4.90 Å². The topological polar surface area (TPSA) is 36.3 Å². The number of anilines is 1. The highest BCUT2D eigenvalue weighted by molar-refractivity contribution is 5.56. The minimum absolute atomic E-state index is 0.281. The Morgan fingerprint density at radius 1 is 1.50 bits per heavy atom. The molecule has 0 spiro atoms. The molecule has 3 heteroatoms. The average molecular weight is 216 g/mol.